The maximum Gasteiger partial charge on any atom is 0.180 e. The van der Waals surface area contributed by atoms with Crippen LogP contribution in [0.25, 0.3) is 0 Å². The van der Waals surface area contributed by atoms with E-state index in [1.165, 1.54) is 16.9 Å². The van der Waals surface area contributed by atoms with Gasteiger partial charge in [-0.15, -0.1) is 23.7 Å². The third-order valence-electron chi connectivity index (χ3n) is 3.79. The number of aliphatic hydroxyl groups is 1. The lowest BCUT2D eigenvalue weighted by Crippen LogP contribution is -2.23. The summed E-state index contributed by atoms with van der Waals surface area (Å²) in [6.45, 7) is 1.42. The summed E-state index contributed by atoms with van der Waals surface area (Å²) in [5, 5.41) is 10.6. The predicted molar refractivity (Wildman–Crippen MR) is 90.5 cm³/mol. The summed E-state index contributed by atoms with van der Waals surface area (Å²) < 4.78 is 5.29. The van der Waals surface area contributed by atoms with Gasteiger partial charge in [0.25, 0.3) is 0 Å². The summed E-state index contributed by atoms with van der Waals surface area (Å²) in [5.41, 5.74) is 6.86. The number of aliphatic hydroxyl groups excluding tert-OH is 1. The summed E-state index contributed by atoms with van der Waals surface area (Å²) >= 11 is 1.50. The molecule has 1 aromatic carbocycles. The Morgan fingerprint density at radius 3 is 3.00 bits per heavy atom. The van der Waals surface area contributed by atoms with Gasteiger partial charge in [-0.1, -0.05) is 12.1 Å². The van der Waals surface area contributed by atoms with E-state index in [9.17, 15) is 5.11 Å². The molecule has 1 aliphatic heterocycles. The molecule has 1 saturated heterocycles. The largest absolute Gasteiger partial charge is 0.497 e. The number of hydrogen-bond donors (Lipinski definition) is 2. The number of nitrogens with two attached hydrogens (primary N) is 1. The van der Waals surface area contributed by atoms with Crippen LogP contribution in [-0.2, 0) is 6.54 Å². The number of ether oxygens (including phenoxy) is 1. The molecule has 0 spiro atoms. The zero-order chi connectivity index (χ0) is 14.8. The highest BCUT2D eigenvalue weighted by atomic mass is 35.5. The highest BCUT2D eigenvalue weighted by molar-refractivity contribution is 7.15. The number of nitrogens with zero attached hydrogens (tertiary/aromatic N) is 2. The molecule has 3 N–H and O–H groups in total. The first kappa shape index (κ1) is 17.0. The van der Waals surface area contributed by atoms with Gasteiger partial charge in [-0.3, -0.25) is 4.90 Å². The number of β-amino-alcohol motifs (C(OH)–C–C–N with tert-alkyl or cyclic N) is 1. The Kier molecular flexibility index (Phi) is 5.63. The van der Waals surface area contributed by atoms with Gasteiger partial charge in [-0.25, -0.2) is 4.98 Å². The van der Waals surface area contributed by atoms with E-state index in [1.807, 2.05) is 24.4 Å². The smallest absolute Gasteiger partial charge is 0.180 e. The monoisotopic (exact) mass is 341 g/mol. The number of benzene rings is 1. The van der Waals surface area contributed by atoms with Gasteiger partial charge in [-0.2, -0.15) is 0 Å². The number of hydrogen-bond acceptors (Lipinski definition) is 6. The van der Waals surface area contributed by atoms with Crippen molar-refractivity contribution in [3.63, 3.8) is 0 Å². The minimum absolute atomic E-state index is 0. The van der Waals surface area contributed by atoms with E-state index >= 15 is 0 Å². The van der Waals surface area contributed by atoms with Crippen molar-refractivity contribution in [2.75, 3.05) is 19.4 Å². The zero-order valence-electron chi connectivity index (χ0n) is 12.3. The molecule has 2 aromatic rings. The fourth-order valence-electron chi connectivity index (χ4n) is 2.85. The van der Waals surface area contributed by atoms with Crippen molar-refractivity contribution in [2.24, 2.45) is 0 Å². The van der Waals surface area contributed by atoms with Crippen molar-refractivity contribution in [1.29, 1.82) is 0 Å². The van der Waals surface area contributed by atoms with Crippen molar-refractivity contribution in [1.82, 2.24) is 9.88 Å². The fraction of sp³-hybridized carbons (Fsp3) is 0.400. The maximum absolute atomic E-state index is 10.0. The molecule has 2 unspecified atom stereocenters. The first-order valence-corrected chi connectivity index (χ1v) is 7.73. The molecule has 7 heteroatoms. The van der Waals surface area contributed by atoms with Crippen LogP contribution in [0.2, 0.25) is 0 Å². The molecule has 0 saturated carbocycles. The first-order valence-electron chi connectivity index (χ1n) is 6.92. The van der Waals surface area contributed by atoms with E-state index < -0.39 is 0 Å². The number of rotatable bonds is 4. The molecule has 2 atom stereocenters. The highest BCUT2D eigenvalue weighted by Gasteiger charge is 2.32. The predicted octanol–water partition coefficient (Wildman–Crippen LogP) is 2.46. The van der Waals surface area contributed by atoms with Crippen LogP contribution in [0.15, 0.2) is 30.5 Å². The van der Waals surface area contributed by atoms with Gasteiger partial charge < -0.3 is 15.6 Å². The maximum atomic E-state index is 10.0. The molecule has 5 nitrogen and oxygen atoms in total. The minimum Gasteiger partial charge on any atom is -0.497 e. The Labute approximate surface area is 140 Å². The van der Waals surface area contributed by atoms with Crippen LogP contribution in [0.1, 0.15) is 22.9 Å². The van der Waals surface area contributed by atoms with Crippen molar-refractivity contribution in [3.8, 4) is 5.75 Å². The normalized spacial score (nSPS) is 21.5. The lowest BCUT2D eigenvalue weighted by Gasteiger charge is -2.24. The average Bonchev–Trinajstić information content (AvgIpc) is 3.05. The number of anilines is 1. The van der Waals surface area contributed by atoms with Crippen LogP contribution in [0.5, 0.6) is 5.75 Å². The van der Waals surface area contributed by atoms with E-state index in [-0.39, 0.29) is 24.6 Å². The van der Waals surface area contributed by atoms with Gasteiger partial charge in [0.05, 0.1) is 13.2 Å². The summed E-state index contributed by atoms with van der Waals surface area (Å²) in [6.07, 6.45) is 2.25. The zero-order valence-corrected chi connectivity index (χ0v) is 13.9. The lowest BCUT2D eigenvalue weighted by atomic mass is 10.0. The summed E-state index contributed by atoms with van der Waals surface area (Å²) in [4.78, 5) is 7.48. The van der Waals surface area contributed by atoms with E-state index in [0.29, 0.717) is 11.7 Å². The Morgan fingerprint density at radius 2 is 2.32 bits per heavy atom. The van der Waals surface area contributed by atoms with E-state index in [4.69, 9.17) is 10.5 Å². The molecular formula is C15H20ClN3O2S. The molecule has 1 aliphatic rings. The van der Waals surface area contributed by atoms with Crippen LogP contribution >= 0.6 is 23.7 Å². The Bertz CT molecular complexity index is 622. The van der Waals surface area contributed by atoms with Gasteiger partial charge in [0, 0.05) is 30.2 Å². The number of likely N-dealkylation sites (tertiary alicyclic amines) is 1. The second-order valence-corrected chi connectivity index (χ2v) is 6.42. The van der Waals surface area contributed by atoms with E-state index in [0.717, 1.165) is 23.6 Å². The Morgan fingerprint density at radius 1 is 1.50 bits per heavy atom. The number of aromatic nitrogens is 1. The van der Waals surface area contributed by atoms with Gasteiger partial charge in [-0.05, 0) is 24.1 Å². The van der Waals surface area contributed by atoms with Crippen LogP contribution < -0.4 is 10.5 Å². The van der Waals surface area contributed by atoms with Gasteiger partial charge in [0.15, 0.2) is 5.13 Å². The van der Waals surface area contributed by atoms with Crippen molar-refractivity contribution in [3.05, 3.63) is 40.9 Å². The number of nitrogen functional groups attached to an aromatic ring is 1. The van der Waals surface area contributed by atoms with Crippen LogP contribution in [0.3, 0.4) is 0 Å². The second kappa shape index (κ2) is 7.28. The fourth-order valence-corrected chi connectivity index (χ4v) is 3.56. The van der Waals surface area contributed by atoms with E-state index in [2.05, 4.69) is 16.0 Å². The molecule has 0 bridgehead atoms. The van der Waals surface area contributed by atoms with Crippen LogP contribution in [0, 0.1) is 0 Å². The third-order valence-corrected chi connectivity index (χ3v) is 4.60. The first-order chi connectivity index (χ1) is 10.2. The molecule has 0 radical (unpaired) electrons. The average molecular weight is 342 g/mol. The highest BCUT2D eigenvalue weighted by Crippen LogP contribution is 2.35. The summed E-state index contributed by atoms with van der Waals surface area (Å²) in [5.74, 6) is 0.843. The molecule has 1 fully saturated rings. The molecule has 0 aliphatic carbocycles. The SMILES string of the molecule is COc1cccc(C2CC(O)CN2Cc2cnc(N)s2)c1.Cl. The molecule has 1 aromatic heterocycles. The topological polar surface area (TPSA) is 71.6 Å². The van der Waals surface area contributed by atoms with Gasteiger partial charge >= 0.3 is 0 Å². The van der Waals surface area contributed by atoms with Crippen molar-refractivity contribution in [2.45, 2.75) is 25.1 Å². The molecule has 22 heavy (non-hydrogen) atoms. The van der Waals surface area contributed by atoms with Crippen molar-refractivity contribution < 1.29 is 9.84 Å². The number of methoxy groups -OCH3 is 1. The van der Waals surface area contributed by atoms with Gasteiger partial charge in [0.1, 0.15) is 5.75 Å². The number of thiazole rings is 1. The molecule has 2 heterocycles. The lowest BCUT2D eigenvalue weighted by molar-refractivity contribution is 0.173. The van der Waals surface area contributed by atoms with Gasteiger partial charge in [0.2, 0.25) is 0 Å². The van der Waals surface area contributed by atoms with E-state index in [1.54, 1.807) is 7.11 Å². The Balaban J connectivity index is 0.00000176. The quantitative estimate of drug-likeness (QED) is 0.893. The molecular weight excluding hydrogens is 322 g/mol. The molecule has 120 valence electrons. The summed E-state index contributed by atoms with van der Waals surface area (Å²) in [6, 6.07) is 8.24. The molecule has 0 amide bonds. The summed E-state index contributed by atoms with van der Waals surface area (Å²) in [7, 11) is 1.67. The molecule has 3 rings (SSSR count). The second-order valence-electron chi connectivity index (χ2n) is 5.28. The third kappa shape index (κ3) is 3.70. The Hall–Kier alpha value is -1.34. The van der Waals surface area contributed by atoms with Crippen LogP contribution in [0.4, 0.5) is 5.13 Å². The van der Waals surface area contributed by atoms with Crippen LogP contribution in [-0.4, -0.2) is 34.7 Å². The van der Waals surface area contributed by atoms with Crippen molar-refractivity contribution >= 4 is 28.9 Å². The number of halogens is 1. The standard InChI is InChI=1S/C15H19N3O2S.ClH/c1-20-12-4-2-3-10(5-12)14-6-11(19)8-18(14)9-13-7-17-15(16)21-13;/h2-5,7,11,14,19H,6,8-9H2,1H3,(H2,16,17);1H. The minimum atomic E-state index is -0.300.